The van der Waals surface area contributed by atoms with Crippen molar-refractivity contribution in [1.82, 2.24) is 10.3 Å². The second kappa shape index (κ2) is 7.38. The van der Waals surface area contributed by atoms with Gasteiger partial charge in [-0.3, -0.25) is 9.78 Å². The van der Waals surface area contributed by atoms with Crippen LogP contribution in [-0.2, 0) is 4.74 Å². The highest BCUT2D eigenvalue weighted by Crippen LogP contribution is 2.33. The first-order valence-electron chi connectivity index (χ1n) is 8.10. The molecular weight excluding hydrogens is 288 g/mol. The van der Waals surface area contributed by atoms with E-state index in [2.05, 4.69) is 41.5 Å². The van der Waals surface area contributed by atoms with Crippen LogP contribution in [0.25, 0.3) is 0 Å². The summed E-state index contributed by atoms with van der Waals surface area (Å²) >= 11 is 0. The lowest BCUT2D eigenvalue weighted by Crippen LogP contribution is -2.35. The molecular formula is C19H22N2O2. The molecule has 1 saturated heterocycles. The van der Waals surface area contributed by atoms with Gasteiger partial charge in [-0.25, -0.2) is 0 Å². The molecule has 0 spiro atoms. The minimum Gasteiger partial charge on any atom is -0.373 e. The van der Waals surface area contributed by atoms with Gasteiger partial charge in [0.15, 0.2) is 0 Å². The molecule has 23 heavy (non-hydrogen) atoms. The normalized spacial score (nSPS) is 20.9. The summed E-state index contributed by atoms with van der Waals surface area (Å²) in [6.45, 7) is 3.49. The van der Waals surface area contributed by atoms with E-state index in [1.165, 1.54) is 11.1 Å². The number of pyridine rings is 1. The molecule has 3 rings (SSSR count). The summed E-state index contributed by atoms with van der Waals surface area (Å²) in [5.74, 6) is 0.248. The van der Waals surface area contributed by atoms with E-state index < -0.39 is 0 Å². The maximum atomic E-state index is 12.2. The van der Waals surface area contributed by atoms with Crippen molar-refractivity contribution in [3.63, 3.8) is 0 Å². The summed E-state index contributed by atoms with van der Waals surface area (Å²) in [5, 5.41) is 3.03. The number of nitrogens with zero attached hydrogens (tertiary/aromatic N) is 1. The average molecular weight is 310 g/mol. The summed E-state index contributed by atoms with van der Waals surface area (Å²) in [6.07, 6.45) is 5.43. The molecule has 0 aliphatic carbocycles. The molecule has 4 nitrogen and oxygen atoms in total. The number of aromatic nitrogens is 1. The van der Waals surface area contributed by atoms with Gasteiger partial charge in [-0.15, -0.1) is 0 Å². The van der Waals surface area contributed by atoms with Crippen LogP contribution < -0.4 is 5.32 Å². The fourth-order valence-electron chi connectivity index (χ4n) is 3.01. The van der Waals surface area contributed by atoms with Gasteiger partial charge in [0.25, 0.3) is 5.91 Å². The maximum absolute atomic E-state index is 12.2. The average Bonchev–Trinajstić information content (AvgIpc) is 2.61. The Balaban J connectivity index is 1.65. The quantitative estimate of drug-likeness (QED) is 0.943. The maximum Gasteiger partial charge on any atom is 0.251 e. The second-order valence-electron chi connectivity index (χ2n) is 6.05. The van der Waals surface area contributed by atoms with Gasteiger partial charge >= 0.3 is 0 Å². The smallest absolute Gasteiger partial charge is 0.251 e. The molecule has 1 aliphatic heterocycles. The van der Waals surface area contributed by atoms with Gasteiger partial charge in [-0.05, 0) is 37.5 Å². The van der Waals surface area contributed by atoms with E-state index in [1.54, 1.807) is 24.5 Å². The number of aryl methyl sites for hydroxylation is 1. The number of ether oxygens (including phenoxy) is 1. The molecule has 120 valence electrons. The monoisotopic (exact) mass is 310 g/mol. The van der Waals surface area contributed by atoms with Gasteiger partial charge in [-0.1, -0.05) is 29.8 Å². The SMILES string of the molecule is Cc1ccc([C@@H]2OCCC[C@@H]2CNC(=O)c2ccncc2)cc1. The van der Waals surface area contributed by atoms with E-state index in [-0.39, 0.29) is 12.0 Å². The van der Waals surface area contributed by atoms with Gasteiger partial charge in [0.1, 0.15) is 0 Å². The van der Waals surface area contributed by atoms with Crippen LogP contribution in [0.15, 0.2) is 48.8 Å². The summed E-state index contributed by atoms with van der Waals surface area (Å²) in [7, 11) is 0. The summed E-state index contributed by atoms with van der Waals surface area (Å²) < 4.78 is 5.99. The molecule has 0 saturated carbocycles. The molecule has 1 aromatic carbocycles. The minimum absolute atomic E-state index is 0.0550. The number of carbonyl (C=O) groups excluding carboxylic acids is 1. The number of benzene rings is 1. The molecule has 2 heterocycles. The van der Waals surface area contributed by atoms with Crippen molar-refractivity contribution in [3.8, 4) is 0 Å². The third kappa shape index (κ3) is 3.96. The Morgan fingerprint density at radius 1 is 1.22 bits per heavy atom. The zero-order valence-corrected chi connectivity index (χ0v) is 13.4. The van der Waals surface area contributed by atoms with Crippen molar-refractivity contribution in [3.05, 3.63) is 65.5 Å². The lowest BCUT2D eigenvalue weighted by Gasteiger charge is -2.32. The number of rotatable bonds is 4. The molecule has 0 unspecified atom stereocenters. The van der Waals surface area contributed by atoms with Crippen molar-refractivity contribution in [1.29, 1.82) is 0 Å². The van der Waals surface area contributed by atoms with Crippen LogP contribution in [0.4, 0.5) is 0 Å². The third-order valence-corrected chi connectivity index (χ3v) is 4.32. The highest BCUT2D eigenvalue weighted by atomic mass is 16.5. The standard InChI is InChI=1S/C19H22N2O2/c1-14-4-6-15(7-5-14)18-17(3-2-12-23-18)13-21-19(22)16-8-10-20-11-9-16/h4-11,17-18H,2-3,12-13H2,1H3,(H,21,22)/t17-,18+/m1/s1. The molecule has 0 radical (unpaired) electrons. The van der Waals surface area contributed by atoms with Crippen LogP contribution in [0.1, 0.15) is 40.4 Å². The summed E-state index contributed by atoms with van der Waals surface area (Å²) in [6, 6.07) is 11.9. The van der Waals surface area contributed by atoms with Crippen LogP contribution >= 0.6 is 0 Å². The van der Waals surface area contributed by atoms with Crippen LogP contribution in [0.3, 0.4) is 0 Å². The van der Waals surface area contributed by atoms with Gasteiger partial charge in [0.2, 0.25) is 0 Å². The summed E-state index contributed by atoms with van der Waals surface area (Å²) in [4.78, 5) is 16.1. The molecule has 1 N–H and O–H groups in total. The van der Waals surface area contributed by atoms with Crippen molar-refractivity contribution < 1.29 is 9.53 Å². The Morgan fingerprint density at radius 3 is 2.70 bits per heavy atom. The van der Waals surface area contributed by atoms with Gasteiger partial charge < -0.3 is 10.1 Å². The number of carbonyl (C=O) groups is 1. The molecule has 1 aliphatic rings. The highest BCUT2D eigenvalue weighted by molar-refractivity contribution is 5.93. The van der Waals surface area contributed by atoms with E-state index in [9.17, 15) is 4.79 Å². The predicted molar refractivity (Wildman–Crippen MR) is 89.2 cm³/mol. The Kier molecular flexibility index (Phi) is 5.03. The fourth-order valence-corrected chi connectivity index (χ4v) is 3.01. The largest absolute Gasteiger partial charge is 0.373 e. The van der Waals surface area contributed by atoms with Crippen molar-refractivity contribution in [2.75, 3.05) is 13.2 Å². The zero-order chi connectivity index (χ0) is 16.1. The van der Waals surface area contributed by atoms with Gasteiger partial charge in [0, 0.05) is 37.0 Å². The summed E-state index contributed by atoms with van der Waals surface area (Å²) in [5.41, 5.74) is 3.08. The third-order valence-electron chi connectivity index (χ3n) is 4.32. The van der Waals surface area contributed by atoms with Crippen LogP contribution in [-0.4, -0.2) is 24.0 Å². The van der Waals surface area contributed by atoms with E-state index in [0.717, 1.165) is 19.4 Å². The molecule has 0 bridgehead atoms. The molecule has 1 aromatic heterocycles. The topological polar surface area (TPSA) is 51.2 Å². The van der Waals surface area contributed by atoms with Crippen LogP contribution in [0.2, 0.25) is 0 Å². The number of hydrogen-bond donors (Lipinski definition) is 1. The molecule has 1 amide bonds. The Morgan fingerprint density at radius 2 is 1.96 bits per heavy atom. The van der Waals surface area contributed by atoms with Gasteiger partial charge in [0.05, 0.1) is 6.10 Å². The number of nitrogens with one attached hydrogen (secondary N) is 1. The minimum atomic E-state index is -0.0550. The Labute approximate surface area is 136 Å². The van der Waals surface area contributed by atoms with E-state index in [1.807, 2.05) is 0 Å². The van der Waals surface area contributed by atoms with E-state index >= 15 is 0 Å². The van der Waals surface area contributed by atoms with E-state index in [4.69, 9.17) is 4.74 Å². The Hall–Kier alpha value is -2.20. The van der Waals surface area contributed by atoms with Crippen LogP contribution in [0, 0.1) is 12.8 Å². The molecule has 4 heteroatoms. The predicted octanol–water partition coefficient (Wildman–Crippen LogP) is 3.29. The first-order valence-corrected chi connectivity index (χ1v) is 8.10. The number of amides is 1. The molecule has 2 aromatic rings. The lowest BCUT2D eigenvalue weighted by atomic mass is 9.89. The van der Waals surface area contributed by atoms with Crippen molar-refractivity contribution in [2.24, 2.45) is 5.92 Å². The molecule has 2 atom stereocenters. The Bertz CT molecular complexity index is 640. The highest BCUT2D eigenvalue weighted by Gasteiger charge is 2.27. The first kappa shape index (κ1) is 15.7. The zero-order valence-electron chi connectivity index (χ0n) is 13.4. The van der Waals surface area contributed by atoms with Crippen LogP contribution in [0.5, 0.6) is 0 Å². The van der Waals surface area contributed by atoms with Gasteiger partial charge in [-0.2, -0.15) is 0 Å². The second-order valence-corrected chi connectivity index (χ2v) is 6.05. The van der Waals surface area contributed by atoms with E-state index in [0.29, 0.717) is 18.0 Å². The number of hydrogen-bond acceptors (Lipinski definition) is 3. The first-order chi connectivity index (χ1) is 11.2. The molecule has 1 fully saturated rings. The fraction of sp³-hybridized carbons (Fsp3) is 0.368. The lowest BCUT2D eigenvalue weighted by molar-refractivity contribution is -0.0272. The van der Waals surface area contributed by atoms with Crippen molar-refractivity contribution >= 4 is 5.91 Å². The van der Waals surface area contributed by atoms with Crippen molar-refractivity contribution in [2.45, 2.75) is 25.9 Å².